The van der Waals surface area contributed by atoms with Gasteiger partial charge in [0.1, 0.15) is 0 Å². The number of ether oxygens (including phenoxy) is 2. The predicted molar refractivity (Wildman–Crippen MR) is 163 cm³/mol. The first-order valence-electron chi connectivity index (χ1n) is 14.8. The molecule has 2 aliphatic heterocycles. The molecular weight excluding hydrogens is 515 g/mol. The molecule has 216 valence electrons. The number of hydrogen-bond donors (Lipinski definition) is 0. The lowest BCUT2D eigenvalue weighted by Crippen LogP contribution is -2.41. The fourth-order valence-corrected chi connectivity index (χ4v) is 5.45. The molecule has 3 heterocycles. The third-order valence-electron chi connectivity index (χ3n) is 8.45. The number of benzene rings is 2. The van der Waals surface area contributed by atoms with Crippen molar-refractivity contribution < 1.29 is 23.6 Å². The first-order chi connectivity index (χ1) is 19.6. The van der Waals surface area contributed by atoms with Gasteiger partial charge in [-0.25, -0.2) is 9.48 Å². The van der Waals surface area contributed by atoms with Crippen molar-refractivity contribution >= 4 is 35.6 Å². The van der Waals surface area contributed by atoms with Crippen molar-refractivity contribution in [2.24, 2.45) is 0 Å². The molecule has 2 saturated heterocycles. The summed E-state index contributed by atoms with van der Waals surface area (Å²) in [6.07, 6.45) is 9.12. The van der Waals surface area contributed by atoms with Gasteiger partial charge in [0.25, 0.3) is 0 Å². The minimum absolute atomic E-state index is 0.0201. The summed E-state index contributed by atoms with van der Waals surface area (Å²) in [6.45, 7) is 13.4. The van der Waals surface area contributed by atoms with E-state index in [1.165, 1.54) is 6.08 Å². The summed E-state index contributed by atoms with van der Waals surface area (Å²) >= 11 is 0. The highest BCUT2D eigenvalue weighted by molar-refractivity contribution is 6.56. The zero-order valence-electron chi connectivity index (χ0n) is 25.1. The first kappa shape index (κ1) is 29.3. The molecule has 8 heteroatoms. The minimum Gasteiger partial charge on any atom is -0.463 e. The molecule has 5 rings (SSSR count). The molecule has 3 aromatic rings. The Labute approximate surface area is 243 Å². The summed E-state index contributed by atoms with van der Waals surface area (Å²) in [5.74, 6) is -0.348. The Bertz CT molecular complexity index is 1430. The number of nitrogens with zero attached hydrogens (tertiary/aromatic N) is 2. The normalized spacial score (nSPS) is 20.9. The highest BCUT2D eigenvalue weighted by Gasteiger charge is 2.52. The van der Waals surface area contributed by atoms with Gasteiger partial charge in [0.15, 0.2) is 6.23 Å². The van der Waals surface area contributed by atoms with Gasteiger partial charge in [0.05, 0.1) is 29.5 Å². The molecule has 7 nitrogen and oxygen atoms in total. The zero-order chi connectivity index (χ0) is 29.2. The van der Waals surface area contributed by atoms with Crippen LogP contribution in [0.1, 0.15) is 90.1 Å². The predicted octanol–water partition coefficient (Wildman–Crippen LogP) is 7.16. The minimum atomic E-state index is -0.475. The Hall–Kier alpha value is -3.20. The van der Waals surface area contributed by atoms with Crippen molar-refractivity contribution in [3.8, 4) is 0 Å². The Morgan fingerprint density at radius 1 is 1.05 bits per heavy atom. The maximum absolute atomic E-state index is 11.8. The van der Waals surface area contributed by atoms with E-state index in [-0.39, 0.29) is 12.2 Å². The van der Waals surface area contributed by atoms with Crippen molar-refractivity contribution in [2.45, 2.75) is 84.7 Å². The number of rotatable bonds is 8. The Balaban J connectivity index is 1.57. The topological polar surface area (TPSA) is 71.8 Å². The molecule has 0 N–H and O–H groups in total. The van der Waals surface area contributed by atoms with Crippen molar-refractivity contribution in [3.63, 3.8) is 0 Å². The van der Waals surface area contributed by atoms with Gasteiger partial charge >= 0.3 is 13.1 Å². The standard InChI is InChI=1S/C33H41BN2O5/c1-7-27(34-40-32(3,4)33(5,6)41-34)31(24-15-12-23(13-16-24)14-19-30(37)38-8-2)25-17-18-28-26(21-25)22-35-36(28)29-11-9-10-20-39-29/h12-19,21-22,29H,7-11,20H2,1-6H3. The molecular formula is C33H41BN2O5. The summed E-state index contributed by atoms with van der Waals surface area (Å²) in [7, 11) is -0.475. The maximum atomic E-state index is 11.8. The van der Waals surface area contributed by atoms with E-state index in [2.05, 4.69) is 65.0 Å². The average molecular weight is 557 g/mol. The monoisotopic (exact) mass is 556 g/mol. The van der Waals surface area contributed by atoms with Crippen LogP contribution in [0.25, 0.3) is 22.6 Å². The third-order valence-corrected chi connectivity index (χ3v) is 8.45. The molecule has 41 heavy (non-hydrogen) atoms. The van der Waals surface area contributed by atoms with Crippen LogP contribution in [-0.4, -0.2) is 47.3 Å². The molecule has 0 amide bonds. The lowest BCUT2D eigenvalue weighted by Gasteiger charge is -2.32. The van der Waals surface area contributed by atoms with Crippen molar-refractivity contribution in [3.05, 3.63) is 76.9 Å². The smallest absolute Gasteiger partial charge is 0.463 e. The largest absolute Gasteiger partial charge is 0.491 e. The first-order valence-corrected chi connectivity index (χ1v) is 14.8. The van der Waals surface area contributed by atoms with Gasteiger partial charge in [0, 0.05) is 18.1 Å². The number of fused-ring (bicyclic) bond motifs is 1. The fraction of sp³-hybridized carbons (Fsp3) is 0.455. The third kappa shape index (κ3) is 6.06. The molecule has 0 saturated carbocycles. The maximum Gasteiger partial charge on any atom is 0.491 e. The van der Waals surface area contributed by atoms with Gasteiger partial charge in [-0.1, -0.05) is 37.3 Å². The molecule has 0 aliphatic carbocycles. The van der Waals surface area contributed by atoms with E-state index in [1.807, 2.05) is 23.0 Å². The van der Waals surface area contributed by atoms with E-state index in [0.29, 0.717) is 6.61 Å². The number of aromatic nitrogens is 2. The van der Waals surface area contributed by atoms with Crippen LogP contribution in [0.5, 0.6) is 0 Å². The molecule has 1 unspecified atom stereocenters. The molecule has 1 aromatic heterocycles. The quantitative estimate of drug-likeness (QED) is 0.167. The molecule has 2 aliphatic rings. The van der Waals surface area contributed by atoms with Crippen LogP contribution in [0.3, 0.4) is 0 Å². The molecule has 1 atom stereocenters. The van der Waals surface area contributed by atoms with Gasteiger partial charge in [-0.05, 0) is 106 Å². The number of carbonyl (C=O) groups is 1. The van der Waals surface area contributed by atoms with E-state index in [0.717, 1.165) is 70.9 Å². The van der Waals surface area contributed by atoms with E-state index in [4.69, 9.17) is 23.9 Å². The summed E-state index contributed by atoms with van der Waals surface area (Å²) in [5.41, 5.74) is 5.37. The molecule has 0 bridgehead atoms. The Kier molecular flexibility index (Phi) is 8.55. The van der Waals surface area contributed by atoms with Gasteiger partial charge < -0.3 is 18.8 Å². The van der Waals surface area contributed by atoms with Crippen LogP contribution < -0.4 is 0 Å². The van der Waals surface area contributed by atoms with E-state index in [1.54, 1.807) is 13.0 Å². The van der Waals surface area contributed by atoms with Gasteiger partial charge in [-0.15, -0.1) is 0 Å². The van der Waals surface area contributed by atoms with E-state index >= 15 is 0 Å². The van der Waals surface area contributed by atoms with Gasteiger partial charge in [0.2, 0.25) is 0 Å². The summed E-state index contributed by atoms with van der Waals surface area (Å²) in [5, 5.41) is 5.78. The van der Waals surface area contributed by atoms with Gasteiger partial charge in [-0.3, -0.25) is 0 Å². The van der Waals surface area contributed by atoms with Gasteiger partial charge in [-0.2, -0.15) is 5.10 Å². The average Bonchev–Trinajstić information content (AvgIpc) is 3.47. The molecule has 2 aromatic carbocycles. The second kappa shape index (κ2) is 12.0. The van der Waals surface area contributed by atoms with Crippen molar-refractivity contribution in [1.29, 1.82) is 0 Å². The SMILES string of the molecule is CCOC(=O)C=Cc1ccc(C(=C(CC)B2OC(C)(C)C(C)(C)O2)c2ccc3c(cnn3C3CCCCO3)c2)cc1. The van der Waals surface area contributed by atoms with Crippen molar-refractivity contribution in [2.75, 3.05) is 13.2 Å². The van der Waals surface area contributed by atoms with Crippen LogP contribution >= 0.6 is 0 Å². The summed E-state index contributed by atoms with van der Waals surface area (Å²) in [6, 6.07) is 14.7. The highest BCUT2D eigenvalue weighted by Crippen LogP contribution is 2.42. The van der Waals surface area contributed by atoms with Crippen molar-refractivity contribution in [1.82, 2.24) is 9.78 Å². The van der Waals surface area contributed by atoms with Crippen LogP contribution in [-0.2, 0) is 23.6 Å². The van der Waals surface area contributed by atoms with Crippen LogP contribution in [0.2, 0.25) is 0 Å². The second-order valence-corrected chi connectivity index (χ2v) is 11.7. The van der Waals surface area contributed by atoms with Crippen LogP contribution in [0.4, 0.5) is 0 Å². The Morgan fingerprint density at radius 3 is 2.39 bits per heavy atom. The summed E-state index contributed by atoms with van der Waals surface area (Å²) < 4.78 is 26.2. The van der Waals surface area contributed by atoms with Crippen LogP contribution in [0.15, 0.2) is 60.2 Å². The molecule has 0 spiro atoms. The lowest BCUT2D eigenvalue weighted by molar-refractivity contribution is -0.137. The molecule has 0 radical (unpaired) electrons. The highest BCUT2D eigenvalue weighted by atomic mass is 16.7. The lowest BCUT2D eigenvalue weighted by atomic mass is 9.70. The Morgan fingerprint density at radius 2 is 1.76 bits per heavy atom. The number of carbonyl (C=O) groups excluding carboxylic acids is 1. The number of esters is 1. The summed E-state index contributed by atoms with van der Waals surface area (Å²) in [4.78, 5) is 11.8. The number of allylic oxidation sites excluding steroid dienone is 1. The zero-order valence-corrected chi connectivity index (χ0v) is 25.1. The van der Waals surface area contributed by atoms with E-state index in [9.17, 15) is 4.79 Å². The fourth-order valence-electron chi connectivity index (χ4n) is 5.45. The van der Waals surface area contributed by atoms with E-state index < -0.39 is 18.3 Å². The number of hydrogen-bond acceptors (Lipinski definition) is 6. The molecule has 2 fully saturated rings. The van der Waals surface area contributed by atoms with Crippen LogP contribution in [0, 0.1) is 0 Å². The second-order valence-electron chi connectivity index (χ2n) is 11.7.